The van der Waals surface area contributed by atoms with Gasteiger partial charge in [-0.2, -0.15) is 0 Å². The number of para-hydroxylation sites is 1. The van der Waals surface area contributed by atoms with Crippen LogP contribution in [0.2, 0.25) is 0 Å². The van der Waals surface area contributed by atoms with E-state index in [1.54, 1.807) is 0 Å². The van der Waals surface area contributed by atoms with Crippen LogP contribution in [0.3, 0.4) is 0 Å². The molecule has 2 aliphatic rings. The molecule has 0 saturated carbocycles. The molecule has 0 fully saturated rings. The van der Waals surface area contributed by atoms with Crippen LogP contribution in [0.1, 0.15) is 48.1 Å². The zero-order valence-electron chi connectivity index (χ0n) is 33.9. The largest absolute Gasteiger partial charge is 0.310 e. The number of allylic oxidation sites excluding steroid dienone is 1. The topological polar surface area (TPSA) is 3.24 Å². The number of hydrogen-bond donors (Lipinski definition) is 0. The molecule has 12 rings (SSSR count). The minimum absolute atomic E-state index is 0.209. The monoisotopic (exact) mass is 765 g/mol. The van der Waals surface area contributed by atoms with E-state index in [2.05, 4.69) is 219 Å². The van der Waals surface area contributed by atoms with Crippen molar-refractivity contribution in [1.82, 2.24) is 0 Å². The Labute approximate surface area is 351 Å². The van der Waals surface area contributed by atoms with E-state index in [-0.39, 0.29) is 5.41 Å². The predicted molar refractivity (Wildman–Crippen MR) is 256 cm³/mol. The molecule has 1 heteroatoms. The summed E-state index contributed by atoms with van der Waals surface area (Å²) in [6, 6.07) is 72.5. The van der Waals surface area contributed by atoms with Gasteiger partial charge in [0.1, 0.15) is 0 Å². The minimum atomic E-state index is -0.209. The molecule has 0 heterocycles. The van der Waals surface area contributed by atoms with Gasteiger partial charge in [0, 0.05) is 22.5 Å². The Kier molecular flexibility index (Phi) is 7.78. The van der Waals surface area contributed by atoms with Gasteiger partial charge in [0.15, 0.2) is 0 Å². The maximum atomic E-state index is 2.49. The summed E-state index contributed by atoms with van der Waals surface area (Å²) in [5, 5.41) is 10.3. The van der Waals surface area contributed by atoms with Crippen molar-refractivity contribution in [2.75, 3.05) is 4.90 Å². The lowest BCUT2D eigenvalue weighted by Gasteiger charge is -2.28. The summed E-state index contributed by atoms with van der Waals surface area (Å²) in [4.78, 5) is 2.40. The Morgan fingerprint density at radius 3 is 1.80 bits per heavy atom. The van der Waals surface area contributed by atoms with Gasteiger partial charge in [-0.15, -0.1) is 0 Å². The molecule has 0 unspecified atom stereocenters. The zero-order chi connectivity index (χ0) is 40.0. The summed E-state index contributed by atoms with van der Waals surface area (Å²) in [6.07, 6.45) is 4.62. The zero-order valence-corrected chi connectivity index (χ0v) is 33.9. The lowest BCUT2D eigenvalue weighted by atomic mass is 9.80. The smallest absolute Gasteiger partial charge is 0.0468 e. The van der Waals surface area contributed by atoms with E-state index in [0.717, 1.165) is 29.9 Å². The third-order valence-corrected chi connectivity index (χ3v) is 13.5. The fraction of sp³-hybridized carbons (Fsp3) is 0.0847. The summed E-state index contributed by atoms with van der Waals surface area (Å²) in [5.41, 5.74) is 16.6. The molecule has 0 aromatic heterocycles. The summed E-state index contributed by atoms with van der Waals surface area (Å²) in [6.45, 7) is 4.81. The number of benzene rings is 10. The second kappa shape index (κ2) is 13.4. The first-order valence-corrected chi connectivity index (χ1v) is 21.3. The first-order valence-electron chi connectivity index (χ1n) is 21.3. The van der Waals surface area contributed by atoms with Crippen LogP contribution in [0.15, 0.2) is 200 Å². The lowest BCUT2D eigenvalue weighted by Crippen LogP contribution is -2.16. The molecular weight excluding hydrogens is 723 g/mol. The quantitative estimate of drug-likeness (QED) is 0.158. The Morgan fingerprint density at radius 1 is 0.400 bits per heavy atom. The second-order valence-electron chi connectivity index (χ2n) is 17.2. The van der Waals surface area contributed by atoms with Crippen LogP contribution in [0.25, 0.3) is 70.9 Å². The summed E-state index contributed by atoms with van der Waals surface area (Å²) < 4.78 is 0. The van der Waals surface area contributed by atoms with Crippen LogP contribution < -0.4 is 4.90 Å². The number of aryl methyl sites for hydroxylation is 1. The van der Waals surface area contributed by atoms with Gasteiger partial charge in [-0.1, -0.05) is 159 Å². The van der Waals surface area contributed by atoms with E-state index < -0.39 is 0 Å². The van der Waals surface area contributed by atoms with Crippen molar-refractivity contribution in [3.8, 4) is 22.3 Å². The average Bonchev–Trinajstić information content (AvgIpc) is 3.53. The molecule has 0 radical (unpaired) electrons. The van der Waals surface area contributed by atoms with Crippen molar-refractivity contribution in [1.29, 1.82) is 0 Å². The van der Waals surface area contributed by atoms with Crippen molar-refractivity contribution in [3.05, 3.63) is 228 Å². The Hall–Kier alpha value is -7.22. The Morgan fingerprint density at radius 2 is 1.00 bits per heavy atom. The van der Waals surface area contributed by atoms with Gasteiger partial charge in [-0.25, -0.2) is 0 Å². The number of nitrogens with zero attached hydrogens (tertiary/aromatic N) is 1. The van der Waals surface area contributed by atoms with Crippen molar-refractivity contribution in [2.45, 2.75) is 32.1 Å². The van der Waals surface area contributed by atoms with Gasteiger partial charge < -0.3 is 4.90 Å². The standard InChI is InChI=1S/C59H43N/c1-59(2)56-36-41(28-31-50(56)51-32-30-45(37-57(51)59)60(43-19-4-3-5-20-43)44-29-27-38-15-6-7-17-40(38)33-44)54-34-42-35-55(47-26-14-18-39-16-8-9-21-46(39)47)49-23-11-13-25-53(49)58(42)52-24-12-10-22-48(52)54/h3-13,15-17,19-37H,14,18H2,1-2H3. The average molecular weight is 766 g/mol. The van der Waals surface area contributed by atoms with Gasteiger partial charge in [-0.3, -0.25) is 0 Å². The van der Waals surface area contributed by atoms with Crippen molar-refractivity contribution in [3.63, 3.8) is 0 Å². The Balaban J connectivity index is 1.01. The molecule has 0 atom stereocenters. The van der Waals surface area contributed by atoms with E-state index in [0.29, 0.717) is 0 Å². The van der Waals surface area contributed by atoms with Gasteiger partial charge in [-0.05, 0) is 166 Å². The predicted octanol–water partition coefficient (Wildman–Crippen LogP) is 16.1. The molecular formula is C59H43N. The van der Waals surface area contributed by atoms with E-state index >= 15 is 0 Å². The number of fused-ring (bicyclic) bond motifs is 10. The third kappa shape index (κ3) is 5.32. The van der Waals surface area contributed by atoms with Crippen molar-refractivity contribution < 1.29 is 0 Å². The maximum absolute atomic E-state index is 2.49. The van der Waals surface area contributed by atoms with Gasteiger partial charge in [0.05, 0.1) is 0 Å². The fourth-order valence-electron chi connectivity index (χ4n) is 10.6. The highest BCUT2D eigenvalue weighted by atomic mass is 15.1. The van der Waals surface area contributed by atoms with Crippen molar-refractivity contribution in [2.24, 2.45) is 0 Å². The van der Waals surface area contributed by atoms with E-state index in [9.17, 15) is 0 Å². The summed E-state index contributed by atoms with van der Waals surface area (Å²) in [7, 11) is 0. The van der Waals surface area contributed by atoms with Gasteiger partial charge >= 0.3 is 0 Å². The van der Waals surface area contributed by atoms with Crippen LogP contribution in [0.5, 0.6) is 0 Å². The highest BCUT2D eigenvalue weighted by Crippen LogP contribution is 2.52. The summed E-state index contributed by atoms with van der Waals surface area (Å²) in [5.74, 6) is 0. The lowest BCUT2D eigenvalue weighted by molar-refractivity contribution is 0.660. The van der Waals surface area contributed by atoms with Crippen LogP contribution >= 0.6 is 0 Å². The number of rotatable bonds is 5. The van der Waals surface area contributed by atoms with Crippen LogP contribution in [0, 0.1) is 0 Å². The highest BCUT2D eigenvalue weighted by Gasteiger charge is 2.36. The number of anilines is 3. The molecule has 0 amide bonds. The van der Waals surface area contributed by atoms with Gasteiger partial charge in [0.25, 0.3) is 0 Å². The highest BCUT2D eigenvalue weighted by molar-refractivity contribution is 6.25. The molecule has 60 heavy (non-hydrogen) atoms. The molecule has 10 aromatic rings. The Bertz CT molecular complexity index is 3400. The molecule has 284 valence electrons. The molecule has 0 saturated heterocycles. The third-order valence-electron chi connectivity index (χ3n) is 13.5. The molecule has 10 aromatic carbocycles. The minimum Gasteiger partial charge on any atom is -0.310 e. The second-order valence-corrected chi connectivity index (χ2v) is 17.2. The van der Waals surface area contributed by atoms with E-state index in [4.69, 9.17) is 0 Å². The molecule has 0 N–H and O–H groups in total. The normalized spacial score (nSPS) is 13.9. The van der Waals surface area contributed by atoms with Crippen LogP contribution in [-0.4, -0.2) is 0 Å². The first kappa shape index (κ1) is 34.8. The van der Waals surface area contributed by atoms with E-state index in [1.165, 1.54) is 98.7 Å². The SMILES string of the molecule is CC1(C)c2cc(-c3cc4cc(C5=CCCc6ccccc65)c5ccccc5c4c4ccccc34)ccc2-c2ccc(N(c3ccccc3)c3ccc4ccccc4c3)cc21. The van der Waals surface area contributed by atoms with Gasteiger partial charge in [0.2, 0.25) is 0 Å². The fourth-order valence-corrected chi connectivity index (χ4v) is 10.6. The molecule has 2 aliphatic carbocycles. The van der Waals surface area contributed by atoms with Crippen LogP contribution in [0.4, 0.5) is 17.1 Å². The van der Waals surface area contributed by atoms with Crippen molar-refractivity contribution >= 4 is 65.7 Å². The first-order chi connectivity index (χ1) is 29.5. The van der Waals surface area contributed by atoms with E-state index in [1.807, 2.05) is 0 Å². The summed E-state index contributed by atoms with van der Waals surface area (Å²) >= 11 is 0. The molecule has 0 aliphatic heterocycles. The number of hydrogen-bond acceptors (Lipinski definition) is 1. The molecule has 0 spiro atoms. The van der Waals surface area contributed by atoms with Crippen LogP contribution in [-0.2, 0) is 11.8 Å². The maximum Gasteiger partial charge on any atom is 0.0468 e. The molecule has 1 nitrogen and oxygen atoms in total. The molecule has 0 bridgehead atoms.